The van der Waals surface area contributed by atoms with Gasteiger partial charge in [-0.25, -0.2) is 5.43 Å². The summed E-state index contributed by atoms with van der Waals surface area (Å²) in [5, 5.41) is 16.2. The molecule has 0 atom stereocenters. The Bertz CT molecular complexity index is 1210. The summed E-state index contributed by atoms with van der Waals surface area (Å²) in [6.07, 6.45) is 1.53. The minimum Gasteiger partial charge on any atom is -0.488 e. The first-order chi connectivity index (χ1) is 15.7. The Balaban J connectivity index is 1.36. The summed E-state index contributed by atoms with van der Waals surface area (Å²) in [5.41, 5.74) is 5.09. The standard InChI is InChI=1S/C23H19BrN6O2/c24-20-11-12-21(32-16-17-7-3-1-4-8-17)19(13-20)14-25-26-22(31)15-30-28-23(27-29-30)18-9-5-2-6-10-18/h1-14H,15-16H2,(H,26,31). The van der Waals surface area contributed by atoms with Gasteiger partial charge in [0.15, 0.2) is 0 Å². The number of carbonyl (C=O) groups is 1. The number of halogens is 1. The van der Waals surface area contributed by atoms with Gasteiger partial charge < -0.3 is 4.74 Å². The van der Waals surface area contributed by atoms with Crippen molar-refractivity contribution >= 4 is 28.1 Å². The minimum atomic E-state index is -0.375. The van der Waals surface area contributed by atoms with E-state index in [-0.39, 0.29) is 12.5 Å². The third-order valence-electron chi connectivity index (χ3n) is 4.37. The lowest BCUT2D eigenvalue weighted by atomic mass is 10.2. The second-order valence-electron chi connectivity index (χ2n) is 6.76. The quantitative estimate of drug-likeness (QED) is 0.299. The number of carbonyl (C=O) groups excluding carboxylic acids is 1. The largest absolute Gasteiger partial charge is 0.488 e. The number of nitrogens with zero attached hydrogens (tertiary/aromatic N) is 5. The van der Waals surface area contributed by atoms with E-state index in [0.29, 0.717) is 18.2 Å². The summed E-state index contributed by atoms with van der Waals surface area (Å²) in [6, 6.07) is 24.9. The van der Waals surface area contributed by atoms with Gasteiger partial charge in [0.25, 0.3) is 5.91 Å². The molecular weight excluding hydrogens is 472 g/mol. The van der Waals surface area contributed by atoms with Crippen LogP contribution in [0.25, 0.3) is 11.4 Å². The van der Waals surface area contributed by atoms with Gasteiger partial charge in [0.2, 0.25) is 5.82 Å². The number of aromatic nitrogens is 4. The number of hydrogen-bond acceptors (Lipinski definition) is 6. The fourth-order valence-electron chi connectivity index (χ4n) is 2.84. The van der Waals surface area contributed by atoms with Gasteiger partial charge in [-0.2, -0.15) is 9.90 Å². The van der Waals surface area contributed by atoms with Crippen LogP contribution in [0.1, 0.15) is 11.1 Å². The van der Waals surface area contributed by atoms with Crippen molar-refractivity contribution in [1.82, 2.24) is 25.6 Å². The maximum Gasteiger partial charge on any atom is 0.263 e. The molecule has 1 aromatic heterocycles. The third kappa shape index (κ3) is 5.86. The molecule has 1 N–H and O–H groups in total. The lowest BCUT2D eigenvalue weighted by molar-refractivity contribution is -0.122. The zero-order valence-electron chi connectivity index (χ0n) is 16.9. The van der Waals surface area contributed by atoms with E-state index in [2.05, 4.69) is 41.9 Å². The third-order valence-corrected chi connectivity index (χ3v) is 4.86. The highest BCUT2D eigenvalue weighted by Crippen LogP contribution is 2.22. The topological polar surface area (TPSA) is 94.3 Å². The van der Waals surface area contributed by atoms with Crippen LogP contribution in [-0.2, 0) is 17.9 Å². The molecule has 32 heavy (non-hydrogen) atoms. The van der Waals surface area contributed by atoms with Crippen molar-refractivity contribution in [3.05, 3.63) is 94.5 Å². The summed E-state index contributed by atoms with van der Waals surface area (Å²) in [5.74, 6) is 0.733. The molecule has 1 heterocycles. The molecule has 9 heteroatoms. The molecular formula is C23H19BrN6O2. The normalized spacial score (nSPS) is 10.9. The highest BCUT2D eigenvalue weighted by molar-refractivity contribution is 9.10. The molecule has 8 nitrogen and oxygen atoms in total. The number of nitrogens with one attached hydrogen (secondary N) is 1. The maximum absolute atomic E-state index is 12.2. The molecule has 3 aromatic carbocycles. The van der Waals surface area contributed by atoms with E-state index in [1.165, 1.54) is 11.0 Å². The highest BCUT2D eigenvalue weighted by atomic mass is 79.9. The number of tetrazole rings is 1. The molecule has 0 radical (unpaired) electrons. The molecule has 0 aliphatic carbocycles. The van der Waals surface area contributed by atoms with Crippen LogP contribution in [0, 0.1) is 0 Å². The molecule has 0 bridgehead atoms. The molecule has 160 valence electrons. The SMILES string of the molecule is O=C(Cn1nnc(-c2ccccc2)n1)NN=Cc1cc(Br)ccc1OCc1ccccc1. The van der Waals surface area contributed by atoms with E-state index >= 15 is 0 Å². The van der Waals surface area contributed by atoms with Crippen molar-refractivity contribution < 1.29 is 9.53 Å². The van der Waals surface area contributed by atoms with Crippen molar-refractivity contribution in [2.75, 3.05) is 0 Å². The molecule has 4 aromatic rings. The molecule has 0 saturated carbocycles. The molecule has 4 rings (SSSR count). The Morgan fingerprint density at radius 3 is 2.59 bits per heavy atom. The van der Waals surface area contributed by atoms with E-state index in [1.54, 1.807) is 0 Å². The first-order valence-electron chi connectivity index (χ1n) is 9.79. The predicted molar refractivity (Wildman–Crippen MR) is 124 cm³/mol. The Labute approximate surface area is 193 Å². The zero-order chi connectivity index (χ0) is 22.2. The number of hydrogen-bond donors (Lipinski definition) is 1. The summed E-state index contributed by atoms with van der Waals surface area (Å²) in [6.45, 7) is 0.324. The Morgan fingerprint density at radius 2 is 1.81 bits per heavy atom. The lowest BCUT2D eigenvalue weighted by Crippen LogP contribution is -2.24. The number of amides is 1. The van der Waals surface area contributed by atoms with Gasteiger partial charge in [-0.3, -0.25) is 4.79 Å². The molecule has 0 unspecified atom stereocenters. The monoisotopic (exact) mass is 490 g/mol. The first kappa shape index (κ1) is 21.4. The van der Waals surface area contributed by atoms with Gasteiger partial charge in [0, 0.05) is 15.6 Å². The second-order valence-corrected chi connectivity index (χ2v) is 7.67. The molecule has 0 saturated heterocycles. The van der Waals surface area contributed by atoms with E-state index in [0.717, 1.165) is 21.2 Å². The first-order valence-corrected chi connectivity index (χ1v) is 10.6. The smallest absolute Gasteiger partial charge is 0.263 e. The summed E-state index contributed by atoms with van der Waals surface area (Å²) >= 11 is 3.45. The zero-order valence-corrected chi connectivity index (χ0v) is 18.5. The van der Waals surface area contributed by atoms with Gasteiger partial charge in [-0.1, -0.05) is 76.6 Å². The van der Waals surface area contributed by atoms with Crippen LogP contribution in [0.4, 0.5) is 0 Å². The fraction of sp³-hybridized carbons (Fsp3) is 0.0870. The number of rotatable bonds is 8. The summed E-state index contributed by atoms with van der Waals surface area (Å²) < 4.78 is 6.79. The average molecular weight is 491 g/mol. The van der Waals surface area contributed by atoms with Crippen LogP contribution in [0.3, 0.4) is 0 Å². The second kappa shape index (κ2) is 10.5. The van der Waals surface area contributed by atoms with Crippen molar-refractivity contribution in [3.63, 3.8) is 0 Å². The van der Waals surface area contributed by atoms with E-state index in [9.17, 15) is 4.79 Å². The van der Waals surface area contributed by atoms with E-state index < -0.39 is 0 Å². The molecule has 1 amide bonds. The van der Waals surface area contributed by atoms with Crippen LogP contribution >= 0.6 is 15.9 Å². The van der Waals surface area contributed by atoms with Crippen molar-refractivity contribution in [2.45, 2.75) is 13.2 Å². The number of ether oxygens (including phenoxy) is 1. The van der Waals surface area contributed by atoms with Crippen molar-refractivity contribution in [3.8, 4) is 17.1 Å². The van der Waals surface area contributed by atoms with Crippen LogP contribution < -0.4 is 10.2 Å². The van der Waals surface area contributed by atoms with E-state index in [1.807, 2.05) is 78.9 Å². The minimum absolute atomic E-state index is 0.104. The van der Waals surface area contributed by atoms with Gasteiger partial charge in [0.05, 0.1) is 6.21 Å². The molecule has 0 fully saturated rings. The van der Waals surface area contributed by atoms with Gasteiger partial charge in [0.1, 0.15) is 18.9 Å². The van der Waals surface area contributed by atoms with Crippen LogP contribution in [0.5, 0.6) is 5.75 Å². The van der Waals surface area contributed by atoms with E-state index in [4.69, 9.17) is 4.74 Å². The maximum atomic E-state index is 12.2. The highest BCUT2D eigenvalue weighted by Gasteiger charge is 2.09. The Morgan fingerprint density at radius 1 is 1.06 bits per heavy atom. The van der Waals surface area contributed by atoms with Crippen molar-refractivity contribution in [2.24, 2.45) is 5.10 Å². The molecule has 0 aliphatic heterocycles. The number of hydrazone groups is 1. The molecule has 0 spiro atoms. The van der Waals surface area contributed by atoms with Crippen LogP contribution in [-0.4, -0.2) is 32.3 Å². The van der Waals surface area contributed by atoms with Crippen LogP contribution in [0.15, 0.2) is 88.4 Å². The summed E-state index contributed by atoms with van der Waals surface area (Å²) in [4.78, 5) is 13.4. The fourth-order valence-corrected chi connectivity index (χ4v) is 3.22. The van der Waals surface area contributed by atoms with Gasteiger partial charge in [-0.05, 0) is 29.0 Å². The van der Waals surface area contributed by atoms with Crippen LogP contribution in [0.2, 0.25) is 0 Å². The predicted octanol–water partition coefficient (Wildman–Crippen LogP) is 3.83. The van der Waals surface area contributed by atoms with Gasteiger partial charge in [-0.15, -0.1) is 10.2 Å². The number of benzene rings is 3. The lowest BCUT2D eigenvalue weighted by Gasteiger charge is -2.09. The Kier molecular flexibility index (Phi) is 6.98. The average Bonchev–Trinajstić information content (AvgIpc) is 3.28. The summed E-state index contributed by atoms with van der Waals surface area (Å²) in [7, 11) is 0. The van der Waals surface area contributed by atoms with Crippen molar-refractivity contribution in [1.29, 1.82) is 0 Å². The van der Waals surface area contributed by atoms with Gasteiger partial charge >= 0.3 is 0 Å². The molecule has 0 aliphatic rings. The Hall–Kier alpha value is -3.85.